The molecule has 0 unspecified atom stereocenters. The van der Waals surface area contributed by atoms with Crippen LogP contribution in [-0.4, -0.2) is 41.4 Å². The van der Waals surface area contributed by atoms with Crippen LogP contribution in [0.5, 0.6) is 0 Å². The van der Waals surface area contributed by atoms with E-state index in [4.69, 9.17) is 13.9 Å². The number of alkyl carbamates (subject to hydrolysis) is 1. The number of hydrazone groups is 1. The predicted molar refractivity (Wildman–Crippen MR) is 141 cm³/mol. The molecule has 3 rings (SSSR count). The van der Waals surface area contributed by atoms with Crippen LogP contribution >= 0.6 is 0 Å². The SMILES string of the molecule is Cc1ccc([N+](=O)[O-])cc1-c1ccc(/C=N\NC(=O)[C@H](COCc2ccccc2)NC(=O)OC(C)(C)C)o1. The fraction of sp³-hybridized carbons (Fsp3) is 0.296. The number of ether oxygens (including phenoxy) is 2. The quantitative estimate of drug-likeness (QED) is 0.222. The molecule has 0 aliphatic carbocycles. The van der Waals surface area contributed by atoms with Gasteiger partial charge in [-0.25, -0.2) is 10.2 Å². The summed E-state index contributed by atoms with van der Waals surface area (Å²) in [4.78, 5) is 35.7. The molecule has 2 N–H and O–H groups in total. The molecule has 1 heterocycles. The maximum absolute atomic E-state index is 12.8. The van der Waals surface area contributed by atoms with Gasteiger partial charge >= 0.3 is 6.09 Å². The number of carbonyl (C=O) groups is 2. The van der Waals surface area contributed by atoms with Gasteiger partial charge in [-0.05, 0) is 51.0 Å². The van der Waals surface area contributed by atoms with Gasteiger partial charge in [0.2, 0.25) is 0 Å². The van der Waals surface area contributed by atoms with Crippen LogP contribution in [0.1, 0.15) is 37.7 Å². The van der Waals surface area contributed by atoms with Crippen molar-refractivity contribution in [3.8, 4) is 11.3 Å². The van der Waals surface area contributed by atoms with Gasteiger partial charge in [-0.3, -0.25) is 14.9 Å². The van der Waals surface area contributed by atoms with Crippen LogP contribution in [0.25, 0.3) is 11.3 Å². The smallest absolute Gasteiger partial charge is 0.408 e. The Balaban J connectivity index is 1.64. The van der Waals surface area contributed by atoms with Crippen molar-refractivity contribution in [1.82, 2.24) is 10.7 Å². The summed E-state index contributed by atoms with van der Waals surface area (Å²) in [6.45, 7) is 7.08. The lowest BCUT2D eigenvalue weighted by atomic mass is 10.1. The summed E-state index contributed by atoms with van der Waals surface area (Å²) >= 11 is 0. The Hall–Kier alpha value is -4.51. The van der Waals surface area contributed by atoms with E-state index in [2.05, 4.69) is 15.8 Å². The molecule has 0 radical (unpaired) electrons. The van der Waals surface area contributed by atoms with Crippen LogP contribution < -0.4 is 10.7 Å². The molecule has 11 heteroatoms. The van der Waals surface area contributed by atoms with E-state index in [1.165, 1.54) is 18.3 Å². The summed E-state index contributed by atoms with van der Waals surface area (Å²) in [5.74, 6) is 0.0995. The predicted octanol–water partition coefficient (Wildman–Crippen LogP) is 4.72. The first kappa shape index (κ1) is 28.1. The molecule has 200 valence electrons. The van der Waals surface area contributed by atoms with Gasteiger partial charge in [0.05, 0.1) is 24.4 Å². The second-order valence-corrected chi connectivity index (χ2v) is 9.39. The number of nitrogens with one attached hydrogen (secondary N) is 2. The number of carbonyl (C=O) groups excluding carboxylic acids is 2. The second kappa shape index (κ2) is 12.6. The largest absolute Gasteiger partial charge is 0.455 e. The molecule has 0 spiro atoms. The van der Waals surface area contributed by atoms with Crippen LogP contribution in [0.2, 0.25) is 0 Å². The van der Waals surface area contributed by atoms with Crippen molar-refractivity contribution in [2.45, 2.75) is 45.9 Å². The molecule has 0 aliphatic rings. The van der Waals surface area contributed by atoms with Gasteiger partial charge in [0, 0.05) is 17.7 Å². The van der Waals surface area contributed by atoms with Gasteiger partial charge in [0.15, 0.2) is 0 Å². The molecule has 0 saturated heterocycles. The van der Waals surface area contributed by atoms with Crippen molar-refractivity contribution < 1.29 is 28.4 Å². The lowest BCUT2D eigenvalue weighted by molar-refractivity contribution is -0.384. The third kappa shape index (κ3) is 8.56. The lowest BCUT2D eigenvalue weighted by Crippen LogP contribution is -2.49. The van der Waals surface area contributed by atoms with Crippen molar-refractivity contribution in [2.75, 3.05) is 6.61 Å². The minimum absolute atomic E-state index is 0.0532. The lowest BCUT2D eigenvalue weighted by Gasteiger charge is -2.22. The Bertz CT molecular complexity index is 1300. The third-order valence-corrected chi connectivity index (χ3v) is 5.09. The number of nitro benzene ring substituents is 1. The highest BCUT2D eigenvalue weighted by Crippen LogP contribution is 2.28. The van der Waals surface area contributed by atoms with Gasteiger partial charge in [-0.1, -0.05) is 36.4 Å². The van der Waals surface area contributed by atoms with Crippen LogP contribution in [0.3, 0.4) is 0 Å². The van der Waals surface area contributed by atoms with Crippen LogP contribution in [-0.2, 0) is 20.9 Å². The highest BCUT2D eigenvalue weighted by Gasteiger charge is 2.24. The molecule has 11 nitrogen and oxygen atoms in total. The molecule has 1 atom stereocenters. The number of nitrogens with zero attached hydrogens (tertiary/aromatic N) is 2. The van der Waals surface area contributed by atoms with E-state index < -0.39 is 28.6 Å². The van der Waals surface area contributed by atoms with Gasteiger partial charge in [-0.15, -0.1) is 0 Å². The number of hydrogen-bond donors (Lipinski definition) is 2. The molecular formula is C27H30N4O7. The third-order valence-electron chi connectivity index (χ3n) is 5.09. The van der Waals surface area contributed by atoms with E-state index in [0.29, 0.717) is 17.1 Å². The first-order valence-corrected chi connectivity index (χ1v) is 11.8. The monoisotopic (exact) mass is 522 g/mol. The number of aryl methyl sites for hydroxylation is 1. The van der Waals surface area contributed by atoms with Gasteiger partial charge in [0.25, 0.3) is 11.6 Å². The van der Waals surface area contributed by atoms with E-state index in [1.54, 1.807) is 39.0 Å². The first-order valence-electron chi connectivity index (χ1n) is 11.8. The number of hydrogen-bond acceptors (Lipinski definition) is 8. The maximum Gasteiger partial charge on any atom is 0.408 e. The molecule has 2 aromatic carbocycles. The summed E-state index contributed by atoms with van der Waals surface area (Å²) in [5.41, 5.74) is 3.84. The molecule has 0 aliphatic heterocycles. The molecule has 38 heavy (non-hydrogen) atoms. The summed E-state index contributed by atoms with van der Waals surface area (Å²) < 4.78 is 16.6. The average Bonchev–Trinajstić information content (AvgIpc) is 3.31. The summed E-state index contributed by atoms with van der Waals surface area (Å²) in [5, 5.41) is 17.5. The van der Waals surface area contributed by atoms with Crippen molar-refractivity contribution in [3.63, 3.8) is 0 Å². The first-order chi connectivity index (χ1) is 18.0. The van der Waals surface area contributed by atoms with Crippen LogP contribution in [0.4, 0.5) is 10.5 Å². The highest BCUT2D eigenvalue weighted by atomic mass is 16.6. The van der Waals surface area contributed by atoms with E-state index in [1.807, 2.05) is 37.3 Å². The minimum Gasteiger partial charge on any atom is -0.455 e. The Labute approximate surface area is 220 Å². The fourth-order valence-electron chi connectivity index (χ4n) is 3.29. The summed E-state index contributed by atoms with van der Waals surface area (Å²) in [7, 11) is 0. The maximum atomic E-state index is 12.8. The Kier molecular flexibility index (Phi) is 9.33. The van der Waals surface area contributed by atoms with Crippen molar-refractivity contribution in [3.05, 3.63) is 87.7 Å². The number of nitro groups is 1. The van der Waals surface area contributed by atoms with Gasteiger partial charge in [-0.2, -0.15) is 5.10 Å². The van der Waals surface area contributed by atoms with Crippen molar-refractivity contribution in [1.29, 1.82) is 0 Å². The zero-order chi connectivity index (χ0) is 27.7. The fourth-order valence-corrected chi connectivity index (χ4v) is 3.29. The number of amides is 2. The average molecular weight is 523 g/mol. The second-order valence-electron chi connectivity index (χ2n) is 9.39. The Morgan fingerprint density at radius 1 is 1.13 bits per heavy atom. The number of rotatable bonds is 10. The topological polar surface area (TPSA) is 145 Å². The normalized spacial score (nSPS) is 12.2. The van der Waals surface area contributed by atoms with E-state index >= 15 is 0 Å². The minimum atomic E-state index is -1.08. The van der Waals surface area contributed by atoms with Gasteiger partial charge < -0.3 is 19.2 Å². The van der Waals surface area contributed by atoms with E-state index in [9.17, 15) is 19.7 Å². The molecule has 0 fully saturated rings. The van der Waals surface area contributed by atoms with Crippen molar-refractivity contribution in [2.24, 2.45) is 5.10 Å². The number of benzene rings is 2. The Morgan fingerprint density at radius 2 is 1.87 bits per heavy atom. The van der Waals surface area contributed by atoms with Crippen LogP contribution in [0, 0.1) is 17.0 Å². The standard InChI is InChI=1S/C27H30N4O7/c1-18-10-11-20(31(34)35)14-22(18)24-13-12-21(37-24)15-28-30-25(32)23(29-26(33)38-27(2,3)4)17-36-16-19-8-6-5-7-9-19/h5-15,23H,16-17H2,1-4H3,(H,29,33)(H,30,32)/b28-15-/t23-/m0/s1. The molecule has 0 bridgehead atoms. The summed E-state index contributed by atoms with van der Waals surface area (Å²) in [6, 6.07) is 16.1. The number of non-ortho nitro benzene ring substituents is 1. The van der Waals surface area contributed by atoms with Crippen LogP contribution in [0.15, 0.2) is 70.2 Å². The molecule has 0 saturated carbocycles. The Morgan fingerprint density at radius 3 is 2.55 bits per heavy atom. The molecule has 3 aromatic rings. The molecule has 2 amide bonds. The zero-order valence-corrected chi connectivity index (χ0v) is 21.6. The highest BCUT2D eigenvalue weighted by molar-refractivity contribution is 5.87. The number of furan rings is 1. The molecule has 1 aromatic heterocycles. The van der Waals surface area contributed by atoms with Gasteiger partial charge in [0.1, 0.15) is 23.2 Å². The zero-order valence-electron chi connectivity index (χ0n) is 21.6. The van der Waals surface area contributed by atoms with Crippen molar-refractivity contribution >= 4 is 23.9 Å². The molecular weight excluding hydrogens is 492 g/mol. The van der Waals surface area contributed by atoms with E-state index in [0.717, 1.165) is 11.1 Å². The van der Waals surface area contributed by atoms with E-state index in [-0.39, 0.29) is 18.9 Å². The summed E-state index contributed by atoms with van der Waals surface area (Å²) in [6.07, 6.45) is 0.511.